The van der Waals surface area contributed by atoms with E-state index in [0.717, 1.165) is 36.3 Å². The third-order valence-corrected chi connectivity index (χ3v) is 2.33. The molecule has 0 bridgehead atoms. The van der Waals surface area contributed by atoms with Crippen LogP contribution in [0, 0.1) is 0 Å². The van der Waals surface area contributed by atoms with Gasteiger partial charge in [0.25, 0.3) is 5.56 Å². The fourth-order valence-corrected chi connectivity index (χ4v) is 1.74. The Balaban J connectivity index is 2.44. The molecular formula is C9H13N3O. The number of aromatic amines is 1. The number of H-pyrrole nitrogens is 1. The molecule has 0 aliphatic heterocycles. The van der Waals surface area contributed by atoms with Crippen LogP contribution in [0.4, 0.5) is 0 Å². The Bertz CT molecular complexity index is 370. The van der Waals surface area contributed by atoms with Gasteiger partial charge in [0.2, 0.25) is 0 Å². The summed E-state index contributed by atoms with van der Waals surface area (Å²) in [5.74, 6) is 0.744. The van der Waals surface area contributed by atoms with E-state index in [1.165, 1.54) is 0 Å². The summed E-state index contributed by atoms with van der Waals surface area (Å²) < 4.78 is 0. The normalized spacial score (nSPS) is 14.5. The molecule has 1 aliphatic rings. The number of aromatic nitrogens is 2. The molecule has 0 spiro atoms. The van der Waals surface area contributed by atoms with Crippen LogP contribution in [0.2, 0.25) is 0 Å². The summed E-state index contributed by atoms with van der Waals surface area (Å²) in [6, 6.07) is 0. The van der Waals surface area contributed by atoms with Crippen molar-refractivity contribution in [1.29, 1.82) is 0 Å². The lowest BCUT2D eigenvalue weighted by atomic mass is 10.2. The minimum absolute atomic E-state index is 0.0488. The van der Waals surface area contributed by atoms with Gasteiger partial charge in [-0.1, -0.05) is 0 Å². The van der Waals surface area contributed by atoms with E-state index in [1.54, 1.807) is 0 Å². The lowest BCUT2D eigenvalue weighted by Gasteiger charge is -2.02. The van der Waals surface area contributed by atoms with Crippen LogP contribution in [-0.4, -0.2) is 17.0 Å². The third kappa shape index (κ3) is 1.49. The van der Waals surface area contributed by atoms with Crippen molar-refractivity contribution in [2.24, 2.45) is 0 Å². The maximum Gasteiger partial charge on any atom is 0.254 e. The van der Waals surface area contributed by atoms with Crippen LogP contribution in [0.1, 0.15) is 23.5 Å². The third-order valence-electron chi connectivity index (χ3n) is 2.33. The van der Waals surface area contributed by atoms with E-state index in [2.05, 4.69) is 15.3 Å². The van der Waals surface area contributed by atoms with Crippen molar-refractivity contribution in [3.8, 4) is 0 Å². The quantitative estimate of drug-likeness (QED) is 0.670. The molecule has 1 aliphatic carbocycles. The maximum absolute atomic E-state index is 11.5. The highest BCUT2D eigenvalue weighted by molar-refractivity contribution is 5.22. The molecule has 1 aromatic rings. The molecule has 1 aromatic heterocycles. The number of rotatable bonds is 2. The number of nitrogens with zero attached hydrogens (tertiary/aromatic N) is 1. The Morgan fingerprint density at radius 3 is 3.15 bits per heavy atom. The smallest absolute Gasteiger partial charge is 0.254 e. The van der Waals surface area contributed by atoms with Crippen molar-refractivity contribution < 1.29 is 0 Å². The largest absolute Gasteiger partial charge is 0.313 e. The second-order valence-corrected chi connectivity index (χ2v) is 3.32. The van der Waals surface area contributed by atoms with E-state index in [0.29, 0.717) is 6.54 Å². The molecule has 1 heterocycles. The summed E-state index contributed by atoms with van der Waals surface area (Å²) in [5.41, 5.74) is 1.93. The molecule has 70 valence electrons. The molecular weight excluding hydrogens is 166 g/mol. The van der Waals surface area contributed by atoms with Gasteiger partial charge in [-0.15, -0.1) is 0 Å². The molecule has 0 saturated heterocycles. The summed E-state index contributed by atoms with van der Waals surface area (Å²) in [6.07, 6.45) is 2.90. The van der Waals surface area contributed by atoms with Crippen LogP contribution >= 0.6 is 0 Å². The molecule has 0 fully saturated rings. The van der Waals surface area contributed by atoms with Gasteiger partial charge in [0.1, 0.15) is 5.82 Å². The van der Waals surface area contributed by atoms with Crippen molar-refractivity contribution in [3.05, 3.63) is 27.4 Å². The first kappa shape index (κ1) is 8.44. The van der Waals surface area contributed by atoms with Crippen molar-refractivity contribution in [2.45, 2.75) is 25.8 Å². The number of aryl methyl sites for hydroxylation is 1. The minimum atomic E-state index is 0.0488. The molecule has 2 rings (SSSR count). The van der Waals surface area contributed by atoms with Gasteiger partial charge in [-0.25, -0.2) is 4.98 Å². The second-order valence-electron chi connectivity index (χ2n) is 3.32. The van der Waals surface area contributed by atoms with Crippen LogP contribution in [0.3, 0.4) is 0 Å². The standard InChI is InChI=1S/C9H13N3O/c1-10-5-8-11-7-4-2-3-6(7)9(13)12-8/h10H,2-5H2,1H3,(H,11,12,13). The van der Waals surface area contributed by atoms with Crippen LogP contribution in [0.5, 0.6) is 0 Å². The molecule has 4 nitrogen and oxygen atoms in total. The number of hydrogen-bond donors (Lipinski definition) is 2. The van der Waals surface area contributed by atoms with Gasteiger partial charge in [0.15, 0.2) is 0 Å². The monoisotopic (exact) mass is 179 g/mol. The first-order chi connectivity index (χ1) is 6.31. The summed E-state index contributed by atoms with van der Waals surface area (Å²) >= 11 is 0. The molecule has 2 N–H and O–H groups in total. The molecule has 0 unspecified atom stereocenters. The topological polar surface area (TPSA) is 57.8 Å². The van der Waals surface area contributed by atoms with Crippen LogP contribution in [0.15, 0.2) is 4.79 Å². The first-order valence-corrected chi connectivity index (χ1v) is 4.57. The summed E-state index contributed by atoms with van der Waals surface area (Å²) in [6.45, 7) is 0.628. The van der Waals surface area contributed by atoms with Crippen molar-refractivity contribution in [3.63, 3.8) is 0 Å². The fraction of sp³-hybridized carbons (Fsp3) is 0.556. The average molecular weight is 179 g/mol. The van der Waals surface area contributed by atoms with Gasteiger partial charge in [0, 0.05) is 5.56 Å². The van der Waals surface area contributed by atoms with Gasteiger partial charge >= 0.3 is 0 Å². The van der Waals surface area contributed by atoms with Gasteiger partial charge in [-0.2, -0.15) is 0 Å². The van der Waals surface area contributed by atoms with Crippen LogP contribution in [0.25, 0.3) is 0 Å². The molecule has 4 heteroatoms. The van der Waals surface area contributed by atoms with E-state index in [1.807, 2.05) is 7.05 Å². The molecule has 13 heavy (non-hydrogen) atoms. The lowest BCUT2D eigenvalue weighted by molar-refractivity contribution is 0.742. The van der Waals surface area contributed by atoms with E-state index in [-0.39, 0.29) is 5.56 Å². The summed E-state index contributed by atoms with van der Waals surface area (Å²) in [4.78, 5) is 18.6. The molecule has 0 saturated carbocycles. The highest BCUT2D eigenvalue weighted by atomic mass is 16.1. The lowest BCUT2D eigenvalue weighted by Crippen LogP contribution is -2.20. The molecule has 0 aromatic carbocycles. The van der Waals surface area contributed by atoms with Gasteiger partial charge < -0.3 is 10.3 Å². The Morgan fingerprint density at radius 1 is 1.54 bits per heavy atom. The zero-order valence-electron chi connectivity index (χ0n) is 7.68. The first-order valence-electron chi connectivity index (χ1n) is 4.57. The van der Waals surface area contributed by atoms with Crippen molar-refractivity contribution in [2.75, 3.05) is 7.05 Å². The van der Waals surface area contributed by atoms with Crippen molar-refractivity contribution in [1.82, 2.24) is 15.3 Å². The maximum atomic E-state index is 11.5. The Hall–Kier alpha value is -1.16. The highest BCUT2D eigenvalue weighted by Gasteiger charge is 2.16. The average Bonchev–Trinajstić information content (AvgIpc) is 2.53. The van der Waals surface area contributed by atoms with Crippen molar-refractivity contribution >= 4 is 0 Å². The fourth-order valence-electron chi connectivity index (χ4n) is 1.74. The van der Waals surface area contributed by atoms with Crippen LogP contribution < -0.4 is 10.9 Å². The van der Waals surface area contributed by atoms with Crippen LogP contribution in [-0.2, 0) is 19.4 Å². The number of hydrogen-bond acceptors (Lipinski definition) is 3. The molecule has 0 amide bonds. The summed E-state index contributed by atoms with van der Waals surface area (Å²) in [5, 5.41) is 2.97. The zero-order chi connectivity index (χ0) is 9.26. The minimum Gasteiger partial charge on any atom is -0.313 e. The zero-order valence-corrected chi connectivity index (χ0v) is 7.68. The Kier molecular flexibility index (Phi) is 2.14. The Labute approximate surface area is 76.4 Å². The van der Waals surface area contributed by atoms with Gasteiger partial charge in [-0.3, -0.25) is 4.79 Å². The van der Waals surface area contributed by atoms with E-state index >= 15 is 0 Å². The number of fused-ring (bicyclic) bond motifs is 1. The SMILES string of the molecule is CNCc1nc2c(c(=O)[nH]1)CCC2. The van der Waals surface area contributed by atoms with E-state index < -0.39 is 0 Å². The van der Waals surface area contributed by atoms with Gasteiger partial charge in [-0.05, 0) is 26.3 Å². The van der Waals surface area contributed by atoms with Gasteiger partial charge in [0.05, 0.1) is 12.2 Å². The Morgan fingerprint density at radius 2 is 2.38 bits per heavy atom. The van der Waals surface area contributed by atoms with E-state index in [4.69, 9.17) is 0 Å². The predicted octanol–water partition coefficient (Wildman–Crippen LogP) is -0.0220. The predicted molar refractivity (Wildman–Crippen MR) is 49.6 cm³/mol. The molecule has 0 atom stereocenters. The molecule has 0 radical (unpaired) electrons. The highest BCUT2D eigenvalue weighted by Crippen LogP contribution is 2.15. The van der Waals surface area contributed by atoms with E-state index in [9.17, 15) is 4.79 Å². The second kappa shape index (κ2) is 3.30. The summed E-state index contributed by atoms with van der Waals surface area (Å²) in [7, 11) is 1.84. The number of nitrogens with one attached hydrogen (secondary N) is 2.